The Morgan fingerprint density at radius 1 is 1.30 bits per heavy atom. The van der Waals surface area contributed by atoms with E-state index in [9.17, 15) is 0 Å². The van der Waals surface area contributed by atoms with Crippen LogP contribution in [-0.4, -0.2) is 0 Å². The summed E-state index contributed by atoms with van der Waals surface area (Å²) in [6.07, 6.45) is 0. The minimum Gasteiger partial charge on any atom is -0.325 e. The number of nitrogens with zero attached hydrogens (tertiary/aromatic N) is 3. The van der Waals surface area contributed by atoms with Crippen LogP contribution in [0.1, 0.15) is 0 Å². The monoisotopic (exact) mass is 135 g/mol. The fourth-order valence-corrected chi connectivity index (χ4v) is 0.614. The molecular weight excluding hydrogens is 128 g/mol. The van der Waals surface area contributed by atoms with E-state index in [1.807, 2.05) is 0 Å². The molecule has 4 nitrogen and oxygen atoms in total. The first-order valence-corrected chi connectivity index (χ1v) is 2.80. The molecule has 50 valence electrons. The molecule has 1 aromatic carbocycles. The van der Waals surface area contributed by atoms with Gasteiger partial charge in [-0.2, -0.15) is 0 Å². The Balaban J connectivity index is 3.00. The molecule has 3 N–H and O–H groups in total. The molecule has 0 radical (unpaired) electrons. The second-order valence-electron chi connectivity index (χ2n) is 1.86. The lowest BCUT2D eigenvalue weighted by Gasteiger charge is -1.87. The summed E-state index contributed by atoms with van der Waals surface area (Å²) in [6.45, 7) is 0. The molecule has 10 heavy (non-hydrogen) atoms. The van der Waals surface area contributed by atoms with E-state index in [1.54, 1.807) is 24.3 Å². The van der Waals surface area contributed by atoms with Crippen LogP contribution in [-0.2, 0) is 0 Å². The van der Waals surface area contributed by atoms with Crippen molar-refractivity contribution >= 4 is 11.4 Å². The predicted molar refractivity (Wildman–Crippen MR) is 37.8 cm³/mol. The summed E-state index contributed by atoms with van der Waals surface area (Å²) in [5.41, 5.74) is 13.3. The van der Waals surface area contributed by atoms with Gasteiger partial charge in [0.2, 0.25) is 0 Å². The molecule has 0 bridgehead atoms. The van der Waals surface area contributed by atoms with Crippen LogP contribution in [0.25, 0.3) is 10.4 Å². The van der Waals surface area contributed by atoms with E-state index < -0.39 is 0 Å². The zero-order valence-electron chi connectivity index (χ0n) is 5.36. The van der Waals surface area contributed by atoms with E-state index >= 15 is 0 Å². The number of benzene rings is 1. The molecule has 0 heterocycles. The average molecular weight is 135 g/mol. The molecule has 0 saturated heterocycles. The van der Waals surface area contributed by atoms with E-state index in [4.69, 9.17) is 5.53 Å². The van der Waals surface area contributed by atoms with Gasteiger partial charge in [-0.05, 0) is 29.8 Å². The van der Waals surface area contributed by atoms with Gasteiger partial charge in [-0.15, -0.1) is 0 Å². The van der Waals surface area contributed by atoms with E-state index in [0.717, 1.165) is 5.69 Å². The van der Waals surface area contributed by atoms with Crippen molar-refractivity contribution in [3.05, 3.63) is 34.7 Å². The summed E-state index contributed by atoms with van der Waals surface area (Å²) >= 11 is 0. The molecule has 0 aliphatic heterocycles. The van der Waals surface area contributed by atoms with Gasteiger partial charge in [0.05, 0.1) is 0 Å². The van der Waals surface area contributed by atoms with Gasteiger partial charge in [0, 0.05) is 10.6 Å². The minimum absolute atomic E-state index is 0.620. The van der Waals surface area contributed by atoms with Crippen LogP contribution in [0, 0.1) is 0 Å². The molecule has 0 unspecified atom stereocenters. The Morgan fingerprint density at radius 2 is 1.90 bits per heavy atom. The second kappa shape index (κ2) is 2.87. The number of hydrogen-bond donors (Lipinski definition) is 1. The number of quaternary nitrogens is 1. The SMILES string of the molecule is [N-]=[N+]=Nc1ccc([NH3+])cc1. The van der Waals surface area contributed by atoms with E-state index in [0.29, 0.717) is 5.69 Å². The third-order valence-corrected chi connectivity index (χ3v) is 1.10. The highest BCUT2D eigenvalue weighted by atomic mass is 15.1. The van der Waals surface area contributed by atoms with Crippen LogP contribution in [0.15, 0.2) is 29.4 Å². The molecular formula is C6H7N4+. The maximum atomic E-state index is 8.03. The van der Waals surface area contributed by atoms with Gasteiger partial charge in [-0.3, -0.25) is 0 Å². The van der Waals surface area contributed by atoms with Gasteiger partial charge in [0.15, 0.2) is 0 Å². The summed E-state index contributed by atoms with van der Waals surface area (Å²) in [4.78, 5) is 2.64. The lowest BCUT2D eigenvalue weighted by atomic mass is 10.3. The van der Waals surface area contributed by atoms with Crippen LogP contribution in [0.4, 0.5) is 11.4 Å². The Labute approximate surface area is 57.9 Å². The van der Waals surface area contributed by atoms with Gasteiger partial charge in [0.1, 0.15) is 5.69 Å². The Hall–Kier alpha value is -1.51. The van der Waals surface area contributed by atoms with Crippen molar-refractivity contribution in [1.82, 2.24) is 0 Å². The number of azide groups is 1. The molecule has 0 fully saturated rings. The third kappa shape index (κ3) is 1.48. The van der Waals surface area contributed by atoms with Crippen molar-refractivity contribution < 1.29 is 5.73 Å². The lowest BCUT2D eigenvalue weighted by molar-refractivity contribution is -0.254. The van der Waals surface area contributed by atoms with Gasteiger partial charge in [0.25, 0.3) is 0 Å². The quantitative estimate of drug-likeness (QED) is 0.344. The standard InChI is InChI=1S/C6H6N4/c7-5-1-3-6(4-2-5)9-10-8/h1-4H,7H2/p+1. The Bertz CT molecular complexity index is 258. The van der Waals surface area contributed by atoms with Crippen LogP contribution in [0.5, 0.6) is 0 Å². The summed E-state index contributed by atoms with van der Waals surface area (Å²) in [6, 6.07) is 7.04. The maximum absolute atomic E-state index is 8.03. The van der Waals surface area contributed by atoms with Gasteiger partial charge in [-0.25, -0.2) is 0 Å². The van der Waals surface area contributed by atoms with Gasteiger partial charge >= 0.3 is 0 Å². The van der Waals surface area contributed by atoms with Crippen molar-refractivity contribution in [3.8, 4) is 0 Å². The molecule has 0 atom stereocenters. The van der Waals surface area contributed by atoms with E-state index in [-0.39, 0.29) is 0 Å². The number of rotatable bonds is 1. The first-order chi connectivity index (χ1) is 4.83. The zero-order chi connectivity index (χ0) is 7.40. The van der Waals surface area contributed by atoms with Crippen molar-refractivity contribution in [3.63, 3.8) is 0 Å². The molecule has 4 heteroatoms. The highest BCUT2D eigenvalue weighted by molar-refractivity contribution is 5.42. The summed E-state index contributed by atoms with van der Waals surface area (Å²) < 4.78 is 0. The van der Waals surface area contributed by atoms with Crippen LogP contribution >= 0.6 is 0 Å². The normalized spacial score (nSPS) is 8.50. The predicted octanol–water partition coefficient (Wildman–Crippen LogP) is 1.50. The van der Waals surface area contributed by atoms with Crippen LogP contribution < -0.4 is 5.73 Å². The molecule has 1 rings (SSSR count). The molecule has 0 aliphatic carbocycles. The lowest BCUT2D eigenvalue weighted by Crippen LogP contribution is -2.39. The summed E-state index contributed by atoms with van der Waals surface area (Å²) in [7, 11) is 0. The maximum Gasteiger partial charge on any atom is 0.127 e. The van der Waals surface area contributed by atoms with Crippen molar-refractivity contribution in [2.45, 2.75) is 0 Å². The first-order valence-electron chi connectivity index (χ1n) is 2.80. The van der Waals surface area contributed by atoms with Gasteiger partial charge in [-0.1, -0.05) is 5.11 Å². The highest BCUT2D eigenvalue weighted by Gasteiger charge is 1.87. The first kappa shape index (κ1) is 6.61. The zero-order valence-corrected chi connectivity index (χ0v) is 5.36. The van der Waals surface area contributed by atoms with Crippen molar-refractivity contribution in [2.24, 2.45) is 5.11 Å². The highest BCUT2D eigenvalue weighted by Crippen LogP contribution is 2.12. The Kier molecular flexibility index (Phi) is 1.89. The Morgan fingerprint density at radius 3 is 2.40 bits per heavy atom. The topological polar surface area (TPSA) is 76.4 Å². The smallest absolute Gasteiger partial charge is 0.127 e. The van der Waals surface area contributed by atoms with Crippen molar-refractivity contribution in [2.75, 3.05) is 0 Å². The molecule has 1 aromatic rings. The third-order valence-electron chi connectivity index (χ3n) is 1.10. The summed E-state index contributed by atoms with van der Waals surface area (Å²) in [5.74, 6) is 0. The van der Waals surface area contributed by atoms with Crippen LogP contribution in [0.2, 0.25) is 0 Å². The fourth-order valence-electron chi connectivity index (χ4n) is 0.614. The minimum atomic E-state index is 0.620. The van der Waals surface area contributed by atoms with Crippen molar-refractivity contribution in [1.29, 1.82) is 0 Å². The second-order valence-corrected chi connectivity index (χ2v) is 1.86. The summed E-state index contributed by atoms with van der Waals surface area (Å²) in [5, 5.41) is 3.40. The van der Waals surface area contributed by atoms with Crippen LogP contribution in [0.3, 0.4) is 0 Å². The van der Waals surface area contributed by atoms with E-state index in [2.05, 4.69) is 15.8 Å². The molecule has 0 aliphatic rings. The van der Waals surface area contributed by atoms with Gasteiger partial charge < -0.3 is 5.73 Å². The molecule has 0 spiro atoms. The fraction of sp³-hybridized carbons (Fsp3) is 0. The molecule has 0 saturated carbocycles. The molecule has 0 amide bonds. The molecule has 0 aromatic heterocycles. The average Bonchev–Trinajstić information content (AvgIpc) is 1.95. The largest absolute Gasteiger partial charge is 0.325 e. The number of hydrogen-bond acceptors (Lipinski definition) is 1. The van der Waals surface area contributed by atoms with E-state index in [1.165, 1.54) is 0 Å².